The van der Waals surface area contributed by atoms with Crippen molar-refractivity contribution < 1.29 is 28.2 Å². The van der Waals surface area contributed by atoms with Crippen molar-refractivity contribution in [3.05, 3.63) is 48.4 Å². The van der Waals surface area contributed by atoms with Crippen molar-refractivity contribution in [1.29, 1.82) is 0 Å². The second kappa shape index (κ2) is 8.22. The minimum absolute atomic E-state index is 0.000740. The molecule has 1 aliphatic heterocycles. The van der Waals surface area contributed by atoms with Gasteiger partial charge in [0.15, 0.2) is 23.1 Å². The maximum absolute atomic E-state index is 14.8. The molecule has 1 atom stereocenters. The molecule has 0 N–H and O–H groups in total. The first-order valence-corrected chi connectivity index (χ1v) is 9.70. The normalized spacial score (nSPS) is 15.9. The molecule has 8 heteroatoms. The van der Waals surface area contributed by atoms with Crippen LogP contribution in [-0.4, -0.2) is 37.4 Å². The van der Waals surface area contributed by atoms with Crippen molar-refractivity contribution in [3.63, 3.8) is 0 Å². The molecule has 0 aliphatic carbocycles. The highest BCUT2D eigenvalue weighted by molar-refractivity contribution is 6.00. The number of nitrogens with zero attached hydrogens (tertiary/aromatic N) is 2. The van der Waals surface area contributed by atoms with E-state index in [0.717, 1.165) is 0 Å². The van der Waals surface area contributed by atoms with Crippen LogP contribution in [0.3, 0.4) is 0 Å². The second-order valence-corrected chi connectivity index (χ2v) is 7.27. The number of hydrogen-bond acceptors (Lipinski definition) is 6. The molecule has 0 bridgehead atoms. The molecule has 2 heterocycles. The van der Waals surface area contributed by atoms with Crippen LogP contribution in [0.1, 0.15) is 13.3 Å². The molecule has 3 aromatic rings. The van der Waals surface area contributed by atoms with Gasteiger partial charge < -0.3 is 19.1 Å². The van der Waals surface area contributed by atoms with Crippen LogP contribution in [0.15, 0.2) is 42.6 Å². The molecule has 0 saturated carbocycles. The summed E-state index contributed by atoms with van der Waals surface area (Å²) in [6, 6.07) is 9.36. The number of rotatable bonds is 6. The van der Waals surface area contributed by atoms with Crippen molar-refractivity contribution in [1.82, 2.24) is 4.98 Å². The summed E-state index contributed by atoms with van der Waals surface area (Å²) in [5.74, 6) is 0.184. The number of pyridine rings is 1. The molecule has 1 unspecified atom stereocenters. The van der Waals surface area contributed by atoms with Gasteiger partial charge in [-0.25, -0.2) is 4.39 Å². The number of halogens is 1. The lowest BCUT2D eigenvalue weighted by molar-refractivity contribution is -0.123. The average molecular weight is 424 g/mol. The van der Waals surface area contributed by atoms with E-state index in [9.17, 15) is 14.0 Å². The van der Waals surface area contributed by atoms with Gasteiger partial charge in [-0.2, -0.15) is 0 Å². The van der Waals surface area contributed by atoms with Crippen molar-refractivity contribution in [2.75, 3.05) is 25.7 Å². The Bertz CT molecular complexity index is 1180. The number of benzene rings is 2. The Morgan fingerprint density at radius 3 is 2.45 bits per heavy atom. The SMILES string of the molecule is COc1cc2nccc(Oc3ccc(N4CC(C(C)=O)CC4=O)cc3F)c2cc1OC. The third-order valence-electron chi connectivity index (χ3n) is 5.35. The Morgan fingerprint density at radius 1 is 1.06 bits per heavy atom. The minimum Gasteiger partial charge on any atom is -0.493 e. The maximum atomic E-state index is 14.8. The van der Waals surface area contributed by atoms with E-state index in [1.54, 1.807) is 30.5 Å². The predicted octanol–water partition coefficient (Wildman–Crippen LogP) is 4.13. The molecular weight excluding hydrogens is 403 g/mol. The van der Waals surface area contributed by atoms with Gasteiger partial charge in [0, 0.05) is 48.3 Å². The molecule has 1 aliphatic rings. The van der Waals surface area contributed by atoms with E-state index in [-0.39, 0.29) is 36.3 Å². The second-order valence-electron chi connectivity index (χ2n) is 7.27. The summed E-state index contributed by atoms with van der Waals surface area (Å²) in [6.07, 6.45) is 1.70. The average Bonchev–Trinajstić information content (AvgIpc) is 3.16. The van der Waals surface area contributed by atoms with Crippen LogP contribution in [0.4, 0.5) is 10.1 Å². The molecule has 1 saturated heterocycles. The standard InChI is InChI=1S/C23H21FN2O5/c1-13(27)14-8-23(28)26(12-14)15-4-5-20(17(24)9-15)31-19-6-7-25-18-11-22(30-3)21(29-2)10-16(18)19/h4-7,9-11,14H,8,12H2,1-3H3. The van der Waals surface area contributed by atoms with Crippen molar-refractivity contribution in [3.8, 4) is 23.0 Å². The lowest BCUT2D eigenvalue weighted by atomic mass is 10.1. The van der Waals surface area contributed by atoms with Gasteiger partial charge >= 0.3 is 0 Å². The molecule has 1 aromatic heterocycles. The summed E-state index contributed by atoms with van der Waals surface area (Å²) in [6.45, 7) is 1.72. The fourth-order valence-electron chi connectivity index (χ4n) is 3.62. The summed E-state index contributed by atoms with van der Waals surface area (Å²) in [5.41, 5.74) is 0.995. The monoisotopic (exact) mass is 424 g/mol. The number of methoxy groups -OCH3 is 2. The van der Waals surface area contributed by atoms with Gasteiger partial charge in [-0.3, -0.25) is 14.6 Å². The Morgan fingerprint density at radius 2 is 1.81 bits per heavy atom. The summed E-state index contributed by atoms with van der Waals surface area (Å²) in [5, 5.41) is 0.627. The number of ether oxygens (including phenoxy) is 3. The number of amides is 1. The highest BCUT2D eigenvalue weighted by atomic mass is 19.1. The number of fused-ring (bicyclic) bond motifs is 1. The van der Waals surface area contributed by atoms with E-state index < -0.39 is 5.82 Å². The van der Waals surface area contributed by atoms with Crippen molar-refractivity contribution in [2.45, 2.75) is 13.3 Å². The topological polar surface area (TPSA) is 78.0 Å². The highest BCUT2D eigenvalue weighted by Gasteiger charge is 2.33. The summed E-state index contributed by atoms with van der Waals surface area (Å²) < 4.78 is 31.3. The van der Waals surface area contributed by atoms with Gasteiger partial charge in [-0.05, 0) is 31.2 Å². The zero-order chi connectivity index (χ0) is 22.1. The predicted molar refractivity (Wildman–Crippen MR) is 112 cm³/mol. The molecule has 0 radical (unpaired) electrons. The Labute approximate surface area is 178 Å². The molecule has 7 nitrogen and oxygen atoms in total. The van der Waals surface area contributed by atoms with Gasteiger partial charge in [0.05, 0.1) is 19.7 Å². The molecular formula is C23H21FN2O5. The molecule has 4 rings (SSSR count). The smallest absolute Gasteiger partial charge is 0.227 e. The van der Waals surface area contributed by atoms with E-state index in [1.165, 1.54) is 38.2 Å². The summed E-state index contributed by atoms with van der Waals surface area (Å²) in [4.78, 5) is 29.6. The zero-order valence-electron chi connectivity index (χ0n) is 17.3. The quantitative estimate of drug-likeness (QED) is 0.592. The van der Waals surface area contributed by atoms with Gasteiger partial charge in [-0.15, -0.1) is 0 Å². The fourth-order valence-corrected chi connectivity index (χ4v) is 3.62. The van der Waals surface area contributed by atoms with Gasteiger partial charge in [0.2, 0.25) is 5.91 Å². The lowest BCUT2D eigenvalue weighted by Crippen LogP contribution is -2.25. The first kappa shape index (κ1) is 20.6. The van der Waals surface area contributed by atoms with Crippen LogP contribution < -0.4 is 19.1 Å². The molecule has 160 valence electrons. The molecule has 1 amide bonds. The molecule has 1 fully saturated rings. The first-order chi connectivity index (χ1) is 14.9. The van der Waals surface area contributed by atoms with Gasteiger partial charge in [-0.1, -0.05) is 0 Å². The Hall–Kier alpha value is -3.68. The first-order valence-electron chi connectivity index (χ1n) is 9.70. The molecule has 0 spiro atoms. The van der Waals surface area contributed by atoms with E-state index in [2.05, 4.69) is 4.98 Å². The maximum Gasteiger partial charge on any atom is 0.227 e. The number of carbonyl (C=O) groups excluding carboxylic acids is 2. The number of carbonyl (C=O) groups is 2. The number of hydrogen-bond donors (Lipinski definition) is 0. The number of aromatic nitrogens is 1. The third-order valence-corrected chi connectivity index (χ3v) is 5.35. The highest BCUT2D eigenvalue weighted by Crippen LogP contribution is 2.38. The molecule has 31 heavy (non-hydrogen) atoms. The van der Waals surface area contributed by atoms with E-state index in [0.29, 0.717) is 33.8 Å². The van der Waals surface area contributed by atoms with Gasteiger partial charge in [0.25, 0.3) is 0 Å². The number of ketones is 1. The van der Waals surface area contributed by atoms with Crippen LogP contribution in [-0.2, 0) is 9.59 Å². The van der Waals surface area contributed by atoms with Crippen LogP contribution in [0.2, 0.25) is 0 Å². The van der Waals surface area contributed by atoms with Crippen LogP contribution in [0.25, 0.3) is 10.9 Å². The third kappa shape index (κ3) is 3.88. The van der Waals surface area contributed by atoms with E-state index >= 15 is 0 Å². The number of anilines is 1. The Kier molecular flexibility index (Phi) is 5.46. The summed E-state index contributed by atoms with van der Waals surface area (Å²) in [7, 11) is 3.06. The summed E-state index contributed by atoms with van der Waals surface area (Å²) >= 11 is 0. The van der Waals surface area contributed by atoms with Crippen LogP contribution >= 0.6 is 0 Å². The molecule has 2 aromatic carbocycles. The van der Waals surface area contributed by atoms with E-state index in [1.807, 2.05) is 0 Å². The fraction of sp³-hybridized carbons (Fsp3) is 0.261. The largest absolute Gasteiger partial charge is 0.493 e. The number of Topliss-reactive ketones (excluding diaryl/α,β-unsaturated/α-hetero) is 1. The zero-order valence-corrected chi connectivity index (χ0v) is 17.3. The lowest BCUT2D eigenvalue weighted by Gasteiger charge is -2.18. The van der Waals surface area contributed by atoms with Crippen molar-refractivity contribution in [2.24, 2.45) is 5.92 Å². The Balaban J connectivity index is 1.64. The van der Waals surface area contributed by atoms with Crippen LogP contribution in [0, 0.1) is 11.7 Å². The van der Waals surface area contributed by atoms with E-state index in [4.69, 9.17) is 14.2 Å². The minimum atomic E-state index is -0.623. The van der Waals surface area contributed by atoms with Crippen molar-refractivity contribution >= 4 is 28.3 Å². The van der Waals surface area contributed by atoms with Crippen LogP contribution in [0.5, 0.6) is 23.0 Å². The van der Waals surface area contributed by atoms with Gasteiger partial charge in [0.1, 0.15) is 11.5 Å².